The zero-order valence-corrected chi connectivity index (χ0v) is 14.0. The minimum Gasteiger partial charge on any atom is -0.495 e. The number of rotatable bonds is 5. The first-order chi connectivity index (χ1) is 9.96. The molecule has 3 N–H and O–H groups in total. The van der Waals surface area contributed by atoms with Crippen LogP contribution in [0.4, 0.5) is 5.69 Å². The molecule has 0 aliphatic heterocycles. The molecule has 5 nitrogen and oxygen atoms in total. The SMILES string of the molecule is COc1cc(N)ccc1S(=O)(=O)NC1CCCC(SC)C1. The average Bonchev–Trinajstić information content (AvgIpc) is 2.46. The van der Waals surface area contributed by atoms with Crippen LogP contribution < -0.4 is 15.2 Å². The summed E-state index contributed by atoms with van der Waals surface area (Å²) in [7, 11) is -2.15. The zero-order valence-electron chi connectivity index (χ0n) is 12.3. The van der Waals surface area contributed by atoms with Gasteiger partial charge in [0.15, 0.2) is 0 Å². The number of hydrogen-bond acceptors (Lipinski definition) is 5. The van der Waals surface area contributed by atoms with Crippen LogP contribution in [0.3, 0.4) is 0 Å². The topological polar surface area (TPSA) is 81.4 Å². The Balaban J connectivity index is 2.18. The number of sulfonamides is 1. The molecule has 1 aromatic carbocycles. The molecule has 0 heterocycles. The summed E-state index contributed by atoms with van der Waals surface area (Å²) in [5.41, 5.74) is 6.15. The van der Waals surface area contributed by atoms with Crippen molar-refractivity contribution in [2.45, 2.75) is 41.9 Å². The van der Waals surface area contributed by atoms with Gasteiger partial charge in [0.25, 0.3) is 0 Å². The van der Waals surface area contributed by atoms with Crippen LogP contribution in [0.5, 0.6) is 5.75 Å². The van der Waals surface area contributed by atoms with E-state index < -0.39 is 10.0 Å². The summed E-state index contributed by atoms with van der Waals surface area (Å²) in [6.45, 7) is 0. The average molecular weight is 330 g/mol. The van der Waals surface area contributed by atoms with E-state index in [9.17, 15) is 8.42 Å². The fourth-order valence-electron chi connectivity index (χ4n) is 2.66. The molecule has 2 unspecified atom stereocenters. The van der Waals surface area contributed by atoms with Crippen molar-refractivity contribution >= 4 is 27.5 Å². The monoisotopic (exact) mass is 330 g/mol. The molecular weight excluding hydrogens is 308 g/mol. The van der Waals surface area contributed by atoms with Gasteiger partial charge in [0.2, 0.25) is 10.0 Å². The van der Waals surface area contributed by atoms with E-state index in [-0.39, 0.29) is 16.7 Å². The van der Waals surface area contributed by atoms with Crippen LogP contribution in [0.15, 0.2) is 23.1 Å². The van der Waals surface area contributed by atoms with Gasteiger partial charge in [0, 0.05) is 23.0 Å². The lowest BCUT2D eigenvalue weighted by molar-refractivity contribution is 0.398. The number of anilines is 1. The van der Waals surface area contributed by atoms with Gasteiger partial charge in [0.1, 0.15) is 10.6 Å². The van der Waals surface area contributed by atoms with E-state index in [1.807, 2.05) is 0 Å². The summed E-state index contributed by atoms with van der Waals surface area (Å²) in [6, 6.07) is 4.58. The summed E-state index contributed by atoms with van der Waals surface area (Å²) in [6.07, 6.45) is 6.04. The molecule has 0 spiro atoms. The number of nitrogens with two attached hydrogens (primary N) is 1. The van der Waals surface area contributed by atoms with Gasteiger partial charge in [-0.25, -0.2) is 13.1 Å². The Morgan fingerprint density at radius 3 is 2.81 bits per heavy atom. The summed E-state index contributed by atoms with van der Waals surface area (Å²) in [5, 5.41) is 0.528. The van der Waals surface area contributed by atoms with E-state index in [4.69, 9.17) is 10.5 Å². The van der Waals surface area contributed by atoms with Gasteiger partial charge in [-0.1, -0.05) is 6.42 Å². The smallest absolute Gasteiger partial charge is 0.244 e. The van der Waals surface area contributed by atoms with Crippen molar-refractivity contribution in [3.63, 3.8) is 0 Å². The highest BCUT2D eigenvalue weighted by atomic mass is 32.2. The summed E-state index contributed by atoms with van der Waals surface area (Å²) >= 11 is 1.80. The summed E-state index contributed by atoms with van der Waals surface area (Å²) in [4.78, 5) is 0.144. The van der Waals surface area contributed by atoms with Crippen molar-refractivity contribution in [1.82, 2.24) is 4.72 Å². The maximum absolute atomic E-state index is 12.5. The zero-order chi connectivity index (χ0) is 15.5. The number of hydrogen-bond donors (Lipinski definition) is 2. The molecule has 0 amide bonds. The number of ether oxygens (including phenoxy) is 1. The molecule has 1 aliphatic carbocycles. The van der Waals surface area contributed by atoms with Crippen molar-refractivity contribution < 1.29 is 13.2 Å². The fourth-order valence-corrected chi connectivity index (χ4v) is 4.92. The quantitative estimate of drug-likeness (QED) is 0.809. The minimum atomic E-state index is -3.59. The first-order valence-electron chi connectivity index (χ1n) is 6.95. The predicted octanol–water partition coefficient (Wildman–Crippen LogP) is 2.23. The Morgan fingerprint density at radius 1 is 1.38 bits per heavy atom. The van der Waals surface area contributed by atoms with Crippen LogP contribution >= 0.6 is 11.8 Å². The molecule has 0 aromatic heterocycles. The van der Waals surface area contributed by atoms with Gasteiger partial charge in [-0.05, 0) is 37.7 Å². The Hall–Kier alpha value is -0.920. The highest BCUT2D eigenvalue weighted by molar-refractivity contribution is 7.99. The lowest BCUT2D eigenvalue weighted by Crippen LogP contribution is -2.39. The highest BCUT2D eigenvalue weighted by Crippen LogP contribution is 2.30. The normalized spacial score (nSPS) is 23.0. The standard InChI is InChI=1S/C14H22N2O3S2/c1-19-13-8-10(15)6-7-14(13)21(17,18)16-11-4-3-5-12(9-11)20-2/h6-8,11-12,16H,3-5,9,15H2,1-2H3. The Kier molecular flexibility index (Phi) is 5.40. The first-order valence-corrected chi connectivity index (χ1v) is 9.72. The molecule has 0 bridgehead atoms. The van der Waals surface area contributed by atoms with E-state index in [1.54, 1.807) is 17.8 Å². The van der Waals surface area contributed by atoms with Crippen LogP contribution in [0.2, 0.25) is 0 Å². The second-order valence-corrected chi connectivity index (χ2v) is 8.07. The van der Waals surface area contributed by atoms with Gasteiger partial charge in [-0.2, -0.15) is 11.8 Å². The van der Waals surface area contributed by atoms with Crippen LogP contribution in [0.25, 0.3) is 0 Å². The molecule has 21 heavy (non-hydrogen) atoms. The van der Waals surface area contributed by atoms with Crippen molar-refractivity contribution in [1.29, 1.82) is 0 Å². The van der Waals surface area contributed by atoms with Crippen LogP contribution in [-0.2, 0) is 10.0 Å². The molecule has 2 atom stereocenters. The number of thioether (sulfide) groups is 1. The number of nitrogens with one attached hydrogen (secondary N) is 1. The summed E-state index contributed by atoms with van der Waals surface area (Å²) in [5.74, 6) is 0.278. The van der Waals surface area contributed by atoms with Gasteiger partial charge in [-0.15, -0.1) is 0 Å². The van der Waals surface area contributed by atoms with Crippen molar-refractivity contribution in [3.05, 3.63) is 18.2 Å². The second-order valence-electron chi connectivity index (χ2n) is 5.25. The Labute approximate surface area is 130 Å². The van der Waals surface area contributed by atoms with Crippen LogP contribution in [0, 0.1) is 0 Å². The number of nitrogen functional groups attached to an aromatic ring is 1. The molecule has 0 saturated heterocycles. The van der Waals surface area contributed by atoms with Gasteiger partial charge >= 0.3 is 0 Å². The maximum atomic E-state index is 12.5. The van der Waals surface area contributed by atoms with Gasteiger partial charge in [0.05, 0.1) is 7.11 Å². The van der Waals surface area contributed by atoms with Crippen LogP contribution in [0.1, 0.15) is 25.7 Å². The van der Waals surface area contributed by atoms with E-state index in [0.717, 1.165) is 25.7 Å². The molecule has 118 valence electrons. The van der Waals surface area contributed by atoms with E-state index in [1.165, 1.54) is 19.2 Å². The Morgan fingerprint density at radius 2 is 2.14 bits per heavy atom. The van der Waals surface area contributed by atoms with Crippen LogP contribution in [-0.4, -0.2) is 33.1 Å². The third kappa shape index (κ3) is 4.05. The van der Waals surface area contributed by atoms with E-state index in [2.05, 4.69) is 11.0 Å². The summed E-state index contributed by atoms with van der Waals surface area (Å²) < 4.78 is 33.0. The van der Waals surface area contributed by atoms with Crippen molar-refractivity contribution in [2.24, 2.45) is 0 Å². The molecular formula is C14H22N2O3S2. The maximum Gasteiger partial charge on any atom is 0.244 e. The molecule has 1 fully saturated rings. The molecule has 1 saturated carbocycles. The third-order valence-electron chi connectivity index (χ3n) is 3.76. The largest absolute Gasteiger partial charge is 0.495 e. The lowest BCUT2D eigenvalue weighted by Gasteiger charge is -2.28. The van der Waals surface area contributed by atoms with E-state index >= 15 is 0 Å². The second kappa shape index (κ2) is 6.89. The molecule has 1 aromatic rings. The number of methoxy groups -OCH3 is 1. The predicted molar refractivity (Wildman–Crippen MR) is 87.3 cm³/mol. The fraction of sp³-hybridized carbons (Fsp3) is 0.571. The molecule has 7 heteroatoms. The third-order valence-corrected chi connectivity index (χ3v) is 6.41. The molecule has 1 aliphatic rings. The van der Waals surface area contributed by atoms with E-state index in [0.29, 0.717) is 10.9 Å². The Bertz CT molecular complexity index is 590. The first kappa shape index (κ1) is 16.5. The van der Waals surface area contributed by atoms with Gasteiger partial charge < -0.3 is 10.5 Å². The lowest BCUT2D eigenvalue weighted by atomic mass is 9.96. The minimum absolute atomic E-state index is 0.0107. The molecule has 2 rings (SSSR count). The number of benzene rings is 1. The van der Waals surface area contributed by atoms with Crippen molar-refractivity contribution in [2.75, 3.05) is 19.1 Å². The van der Waals surface area contributed by atoms with Gasteiger partial charge in [-0.3, -0.25) is 0 Å². The highest BCUT2D eigenvalue weighted by Gasteiger charge is 2.27. The van der Waals surface area contributed by atoms with Crippen molar-refractivity contribution in [3.8, 4) is 5.75 Å². The molecule has 0 radical (unpaired) electrons.